The minimum Gasteiger partial charge on any atom is -0.290 e. The van der Waals surface area contributed by atoms with Gasteiger partial charge < -0.3 is 0 Å². The van der Waals surface area contributed by atoms with Crippen molar-refractivity contribution >= 4 is 21.8 Å². The number of halogens is 2. The Hall–Kier alpha value is -0.940. The molecule has 0 radical (unpaired) electrons. The molecule has 1 rings (SSSR count). The first-order valence-corrected chi connectivity index (χ1v) is 3.90. The summed E-state index contributed by atoms with van der Waals surface area (Å²) in [5, 5.41) is 0. The minimum atomic E-state index is -0.448. The maximum absolute atomic E-state index is 12.7. The van der Waals surface area contributed by atoms with Crippen molar-refractivity contribution in [2.45, 2.75) is 0 Å². The molecule has 0 atom stereocenters. The predicted octanol–water partition coefficient (Wildman–Crippen LogP) is 1.19. The van der Waals surface area contributed by atoms with Gasteiger partial charge in [0.05, 0.1) is 4.47 Å². The van der Waals surface area contributed by atoms with E-state index in [9.17, 15) is 9.18 Å². The summed E-state index contributed by atoms with van der Waals surface area (Å²) in [4.78, 5) is 10.9. The van der Waals surface area contributed by atoms with Gasteiger partial charge in [0.25, 0.3) is 5.91 Å². The zero-order valence-electron chi connectivity index (χ0n) is 5.97. The highest BCUT2D eigenvalue weighted by atomic mass is 79.9. The second-order valence-corrected chi connectivity index (χ2v) is 2.96. The molecule has 5 heteroatoms. The first kappa shape index (κ1) is 9.15. The molecule has 0 heterocycles. The van der Waals surface area contributed by atoms with E-state index < -0.39 is 11.7 Å². The van der Waals surface area contributed by atoms with E-state index in [1.807, 2.05) is 5.43 Å². The molecule has 0 aliphatic rings. The molecule has 3 N–H and O–H groups in total. The molecule has 0 spiro atoms. The number of amides is 1. The Balaban J connectivity index is 3.05. The fraction of sp³-hybridized carbons (Fsp3) is 0. The van der Waals surface area contributed by atoms with Gasteiger partial charge in [-0.25, -0.2) is 10.2 Å². The Morgan fingerprint density at radius 2 is 2.25 bits per heavy atom. The van der Waals surface area contributed by atoms with Gasteiger partial charge in [-0.15, -0.1) is 0 Å². The Kier molecular flexibility index (Phi) is 2.78. The molecule has 0 aromatic heterocycles. The average molecular weight is 233 g/mol. The SMILES string of the molecule is NNC(=O)c1ccc(F)c(Br)c1. The number of hydrazine groups is 1. The van der Waals surface area contributed by atoms with Crippen LogP contribution in [0.2, 0.25) is 0 Å². The van der Waals surface area contributed by atoms with Crippen molar-refractivity contribution in [1.82, 2.24) is 5.43 Å². The van der Waals surface area contributed by atoms with E-state index in [0.717, 1.165) is 0 Å². The van der Waals surface area contributed by atoms with E-state index in [1.165, 1.54) is 18.2 Å². The van der Waals surface area contributed by atoms with Crippen LogP contribution >= 0.6 is 15.9 Å². The Bertz CT molecular complexity index is 316. The fourth-order valence-corrected chi connectivity index (χ4v) is 1.10. The van der Waals surface area contributed by atoms with Crippen LogP contribution in [0.1, 0.15) is 10.4 Å². The van der Waals surface area contributed by atoms with Crippen LogP contribution in [-0.4, -0.2) is 5.91 Å². The number of carbonyl (C=O) groups excluding carboxylic acids is 1. The molecule has 0 bridgehead atoms. The smallest absolute Gasteiger partial charge is 0.265 e. The lowest BCUT2D eigenvalue weighted by atomic mass is 10.2. The third-order valence-electron chi connectivity index (χ3n) is 1.31. The van der Waals surface area contributed by atoms with Gasteiger partial charge in [-0.1, -0.05) is 0 Å². The van der Waals surface area contributed by atoms with Gasteiger partial charge in [-0.2, -0.15) is 0 Å². The molecule has 0 saturated heterocycles. The fourth-order valence-electron chi connectivity index (χ4n) is 0.721. The van der Waals surface area contributed by atoms with Crippen molar-refractivity contribution in [2.24, 2.45) is 5.84 Å². The van der Waals surface area contributed by atoms with E-state index in [1.54, 1.807) is 0 Å². The normalized spacial score (nSPS) is 9.58. The highest BCUT2D eigenvalue weighted by Gasteiger charge is 2.05. The molecule has 12 heavy (non-hydrogen) atoms. The highest BCUT2D eigenvalue weighted by Crippen LogP contribution is 2.16. The largest absolute Gasteiger partial charge is 0.290 e. The van der Waals surface area contributed by atoms with E-state index in [4.69, 9.17) is 5.84 Å². The molecule has 1 amide bonds. The van der Waals surface area contributed by atoms with E-state index >= 15 is 0 Å². The summed E-state index contributed by atoms with van der Waals surface area (Å²) in [5.74, 6) is 4.02. The van der Waals surface area contributed by atoms with Crippen LogP contribution in [0.15, 0.2) is 22.7 Å². The molecule has 0 aliphatic carbocycles. The number of hydrogen-bond donors (Lipinski definition) is 2. The van der Waals surface area contributed by atoms with Crippen molar-refractivity contribution in [1.29, 1.82) is 0 Å². The van der Waals surface area contributed by atoms with Gasteiger partial charge in [0.1, 0.15) is 5.82 Å². The lowest BCUT2D eigenvalue weighted by Gasteiger charge is -1.99. The Labute approximate surface area is 76.9 Å². The topological polar surface area (TPSA) is 55.1 Å². The monoisotopic (exact) mass is 232 g/mol. The summed E-state index contributed by atoms with van der Waals surface area (Å²) < 4.78 is 12.9. The molecule has 0 fully saturated rings. The predicted molar refractivity (Wildman–Crippen MR) is 45.8 cm³/mol. The lowest BCUT2D eigenvalue weighted by Crippen LogP contribution is -2.29. The van der Waals surface area contributed by atoms with Crippen LogP contribution in [0, 0.1) is 5.82 Å². The number of benzene rings is 1. The van der Waals surface area contributed by atoms with Crippen LogP contribution in [0.3, 0.4) is 0 Å². The quantitative estimate of drug-likeness (QED) is 0.435. The number of hydrogen-bond acceptors (Lipinski definition) is 2. The third-order valence-corrected chi connectivity index (χ3v) is 1.92. The Morgan fingerprint density at radius 1 is 1.58 bits per heavy atom. The van der Waals surface area contributed by atoms with E-state index in [2.05, 4.69) is 15.9 Å². The number of carbonyl (C=O) groups is 1. The molecule has 0 unspecified atom stereocenters. The van der Waals surface area contributed by atoms with Crippen molar-refractivity contribution in [2.75, 3.05) is 0 Å². The maximum atomic E-state index is 12.7. The van der Waals surface area contributed by atoms with Crippen LogP contribution in [0.5, 0.6) is 0 Å². The van der Waals surface area contributed by atoms with Crippen LogP contribution < -0.4 is 11.3 Å². The van der Waals surface area contributed by atoms with Gasteiger partial charge >= 0.3 is 0 Å². The standard InChI is InChI=1S/C7H6BrFN2O/c8-5-3-4(7(12)11-10)1-2-6(5)9/h1-3H,10H2,(H,11,12). The highest BCUT2D eigenvalue weighted by molar-refractivity contribution is 9.10. The second-order valence-electron chi connectivity index (χ2n) is 2.10. The maximum Gasteiger partial charge on any atom is 0.265 e. The van der Waals surface area contributed by atoms with Gasteiger partial charge in [-0.05, 0) is 34.1 Å². The summed E-state index contributed by atoms with van der Waals surface area (Å²) >= 11 is 2.95. The zero-order chi connectivity index (χ0) is 9.14. The van der Waals surface area contributed by atoms with Crippen LogP contribution in [0.25, 0.3) is 0 Å². The average Bonchev–Trinajstić information content (AvgIpc) is 2.08. The van der Waals surface area contributed by atoms with E-state index in [-0.39, 0.29) is 4.47 Å². The third kappa shape index (κ3) is 1.80. The van der Waals surface area contributed by atoms with Crippen molar-refractivity contribution in [3.8, 4) is 0 Å². The molecule has 1 aromatic carbocycles. The van der Waals surface area contributed by atoms with Gasteiger partial charge in [0, 0.05) is 5.56 Å². The minimum absolute atomic E-state index is 0.239. The van der Waals surface area contributed by atoms with Crippen molar-refractivity contribution in [3.63, 3.8) is 0 Å². The van der Waals surface area contributed by atoms with Crippen LogP contribution in [0.4, 0.5) is 4.39 Å². The molecule has 0 saturated carbocycles. The summed E-state index contributed by atoms with van der Waals surface area (Å²) in [5.41, 5.74) is 2.26. The van der Waals surface area contributed by atoms with Gasteiger partial charge in [-0.3, -0.25) is 10.2 Å². The second kappa shape index (κ2) is 3.64. The van der Waals surface area contributed by atoms with Crippen molar-refractivity contribution in [3.05, 3.63) is 34.1 Å². The first-order chi connectivity index (χ1) is 5.65. The molecule has 0 aliphatic heterocycles. The van der Waals surface area contributed by atoms with Crippen LogP contribution in [-0.2, 0) is 0 Å². The molecule has 3 nitrogen and oxygen atoms in total. The number of rotatable bonds is 1. The number of nitrogens with two attached hydrogens (primary N) is 1. The summed E-state index contributed by atoms with van der Waals surface area (Å²) in [6.07, 6.45) is 0. The molecular formula is C7H6BrFN2O. The first-order valence-electron chi connectivity index (χ1n) is 3.11. The molecule has 1 aromatic rings. The number of nitrogen functional groups attached to an aromatic ring is 1. The Morgan fingerprint density at radius 3 is 2.75 bits per heavy atom. The summed E-state index contributed by atoms with van der Waals surface area (Å²) in [6, 6.07) is 3.90. The number of nitrogens with one attached hydrogen (secondary N) is 1. The van der Waals surface area contributed by atoms with Gasteiger partial charge in [0.15, 0.2) is 0 Å². The lowest BCUT2D eigenvalue weighted by molar-refractivity contribution is 0.0953. The summed E-state index contributed by atoms with van der Waals surface area (Å²) in [7, 11) is 0. The van der Waals surface area contributed by atoms with E-state index in [0.29, 0.717) is 5.56 Å². The molecule has 64 valence electrons. The molecular weight excluding hydrogens is 227 g/mol. The van der Waals surface area contributed by atoms with Gasteiger partial charge in [0.2, 0.25) is 0 Å². The zero-order valence-corrected chi connectivity index (χ0v) is 7.56. The van der Waals surface area contributed by atoms with Crippen molar-refractivity contribution < 1.29 is 9.18 Å². The summed E-state index contributed by atoms with van der Waals surface area (Å²) in [6.45, 7) is 0.